The van der Waals surface area contributed by atoms with E-state index in [4.69, 9.17) is 14.2 Å². The van der Waals surface area contributed by atoms with Gasteiger partial charge < -0.3 is 19.3 Å². The minimum absolute atomic E-state index is 0.0873. The van der Waals surface area contributed by atoms with Crippen molar-refractivity contribution in [2.45, 2.75) is 60.0 Å². The molecule has 0 saturated carbocycles. The van der Waals surface area contributed by atoms with E-state index in [9.17, 15) is 14.7 Å². The van der Waals surface area contributed by atoms with Gasteiger partial charge >= 0.3 is 5.97 Å². The zero-order valence-electron chi connectivity index (χ0n) is 20.7. The van der Waals surface area contributed by atoms with Crippen molar-refractivity contribution in [2.24, 2.45) is 0 Å². The van der Waals surface area contributed by atoms with E-state index in [1.165, 1.54) is 30.2 Å². The van der Waals surface area contributed by atoms with Crippen molar-refractivity contribution in [1.29, 1.82) is 0 Å². The number of methoxy groups -OCH3 is 1. The number of phenols is 1. The van der Waals surface area contributed by atoms with Crippen LogP contribution in [0.2, 0.25) is 0 Å². The molecular formula is C28H32O6. The average Bonchev–Trinajstić information content (AvgIpc) is 2.74. The summed E-state index contributed by atoms with van der Waals surface area (Å²) in [4.78, 5) is 24.3. The van der Waals surface area contributed by atoms with Crippen LogP contribution >= 0.6 is 0 Å². The number of hydrogen-bond acceptors (Lipinski definition) is 6. The van der Waals surface area contributed by atoms with Gasteiger partial charge in [-0.2, -0.15) is 0 Å². The van der Waals surface area contributed by atoms with E-state index < -0.39 is 12.1 Å². The minimum Gasteiger partial charge on any atom is -0.507 e. The van der Waals surface area contributed by atoms with Crippen LogP contribution in [0, 0.1) is 0 Å². The predicted molar refractivity (Wildman–Crippen MR) is 131 cm³/mol. The molecule has 0 aliphatic carbocycles. The molecular weight excluding hydrogens is 432 g/mol. The zero-order valence-corrected chi connectivity index (χ0v) is 20.7. The Kier molecular flexibility index (Phi) is 7.82. The second-order valence-corrected chi connectivity index (χ2v) is 8.99. The maximum atomic E-state index is 13.0. The lowest BCUT2D eigenvalue weighted by atomic mass is 9.91. The van der Waals surface area contributed by atoms with Gasteiger partial charge in [0.15, 0.2) is 5.78 Å². The summed E-state index contributed by atoms with van der Waals surface area (Å²) < 4.78 is 17.1. The molecule has 3 rings (SSSR count). The van der Waals surface area contributed by atoms with Crippen LogP contribution in [0.5, 0.6) is 23.0 Å². The molecule has 0 saturated heterocycles. The molecule has 1 heterocycles. The molecule has 1 unspecified atom stereocenters. The second kappa shape index (κ2) is 10.6. The highest BCUT2D eigenvalue weighted by Gasteiger charge is 2.32. The van der Waals surface area contributed by atoms with Gasteiger partial charge in [0.2, 0.25) is 0 Å². The van der Waals surface area contributed by atoms with E-state index in [1.54, 1.807) is 7.11 Å². The van der Waals surface area contributed by atoms with E-state index in [1.807, 2.05) is 39.8 Å². The molecule has 1 aliphatic heterocycles. The Morgan fingerprint density at radius 1 is 1.03 bits per heavy atom. The number of ketones is 1. The number of carbonyl (C=O) groups excluding carboxylic acids is 2. The van der Waals surface area contributed by atoms with E-state index in [0.717, 1.165) is 22.4 Å². The average molecular weight is 465 g/mol. The molecule has 0 amide bonds. The van der Waals surface area contributed by atoms with Gasteiger partial charge in [-0.3, -0.25) is 9.59 Å². The molecule has 0 fully saturated rings. The summed E-state index contributed by atoms with van der Waals surface area (Å²) in [6.07, 6.45) is 5.19. The lowest BCUT2D eigenvalue weighted by molar-refractivity contribution is -0.131. The van der Waals surface area contributed by atoms with Crippen molar-refractivity contribution in [2.75, 3.05) is 7.11 Å². The number of esters is 1. The number of benzene rings is 2. The highest BCUT2D eigenvalue weighted by atomic mass is 16.5. The summed E-state index contributed by atoms with van der Waals surface area (Å²) in [5.41, 5.74) is 5.38. The number of ether oxygens (including phenoxy) is 3. The molecule has 34 heavy (non-hydrogen) atoms. The van der Waals surface area contributed by atoms with Gasteiger partial charge in [-0.25, -0.2) is 0 Å². The Bertz CT molecular complexity index is 1120. The molecule has 1 atom stereocenters. The van der Waals surface area contributed by atoms with Crippen molar-refractivity contribution < 1.29 is 28.9 Å². The third kappa shape index (κ3) is 5.87. The molecule has 1 N–H and O–H groups in total. The topological polar surface area (TPSA) is 82.1 Å². The van der Waals surface area contributed by atoms with Gasteiger partial charge in [-0.05, 0) is 69.4 Å². The fourth-order valence-electron chi connectivity index (χ4n) is 3.99. The first-order valence-electron chi connectivity index (χ1n) is 11.3. The van der Waals surface area contributed by atoms with Crippen molar-refractivity contribution >= 4 is 11.8 Å². The number of aromatic hydroxyl groups is 1. The number of carbonyl (C=O) groups is 2. The third-order valence-electron chi connectivity index (χ3n) is 5.54. The van der Waals surface area contributed by atoms with Gasteiger partial charge in [0.25, 0.3) is 0 Å². The molecule has 6 heteroatoms. The first-order chi connectivity index (χ1) is 16.1. The second-order valence-electron chi connectivity index (χ2n) is 8.99. The van der Waals surface area contributed by atoms with Crippen LogP contribution in [0.1, 0.15) is 74.2 Å². The molecule has 2 aromatic carbocycles. The monoisotopic (exact) mass is 464 g/mol. The van der Waals surface area contributed by atoms with Crippen molar-refractivity contribution in [3.8, 4) is 23.0 Å². The Balaban J connectivity index is 2.07. The van der Waals surface area contributed by atoms with Gasteiger partial charge in [-0.1, -0.05) is 23.3 Å². The van der Waals surface area contributed by atoms with Gasteiger partial charge in [-0.15, -0.1) is 0 Å². The molecule has 1 aliphatic rings. The largest absolute Gasteiger partial charge is 0.507 e. The summed E-state index contributed by atoms with van der Waals surface area (Å²) in [6, 6.07) is 6.76. The molecule has 6 nitrogen and oxygen atoms in total. The van der Waals surface area contributed by atoms with Crippen LogP contribution < -0.4 is 14.2 Å². The van der Waals surface area contributed by atoms with Crippen molar-refractivity contribution in [3.05, 3.63) is 69.8 Å². The highest BCUT2D eigenvalue weighted by molar-refractivity contribution is 6.02. The van der Waals surface area contributed by atoms with Crippen molar-refractivity contribution in [3.63, 3.8) is 0 Å². The third-order valence-corrected chi connectivity index (χ3v) is 5.54. The van der Waals surface area contributed by atoms with Gasteiger partial charge in [0.05, 0.1) is 13.5 Å². The Morgan fingerprint density at radius 2 is 1.62 bits per heavy atom. The van der Waals surface area contributed by atoms with E-state index in [2.05, 4.69) is 12.2 Å². The predicted octanol–water partition coefficient (Wildman–Crippen LogP) is 6.05. The number of phenolic OH excluding ortho intramolecular Hbond substituents is 1. The van der Waals surface area contributed by atoms with E-state index in [0.29, 0.717) is 12.8 Å². The molecule has 2 aromatic rings. The maximum Gasteiger partial charge on any atom is 0.308 e. The smallest absolute Gasteiger partial charge is 0.308 e. The molecule has 0 aromatic heterocycles. The number of fused-ring (bicyclic) bond motifs is 1. The Hall–Kier alpha value is -3.54. The van der Waals surface area contributed by atoms with Crippen LogP contribution in [0.3, 0.4) is 0 Å². The zero-order chi connectivity index (χ0) is 25.0. The first-order valence-corrected chi connectivity index (χ1v) is 11.3. The highest BCUT2D eigenvalue weighted by Crippen LogP contribution is 2.43. The molecule has 0 radical (unpaired) electrons. The van der Waals surface area contributed by atoms with Crippen LogP contribution in [-0.2, 0) is 17.6 Å². The van der Waals surface area contributed by atoms with E-state index in [-0.39, 0.29) is 35.0 Å². The van der Waals surface area contributed by atoms with E-state index >= 15 is 0 Å². The quantitative estimate of drug-likeness (QED) is 0.305. The van der Waals surface area contributed by atoms with Crippen molar-refractivity contribution in [1.82, 2.24) is 0 Å². The molecule has 0 bridgehead atoms. The number of allylic oxidation sites excluding steroid dienone is 4. The Morgan fingerprint density at radius 3 is 2.12 bits per heavy atom. The SMILES string of the molecule is COc1c(CC=C(C)C)cc(C2CC(=O)c3c(O)cc(OC(C)=O)cc3O2)cc1CC=C(C)C. The van der Waals surface area contributed by atoms with Crippen LogP contribution in [-0.4, -0.2) is 24.0 Å². The Labute approximate surface area is 200 Å². The summed E-state index contributed by atoms with van der Waals surface area (Å²) in [5.74, 6) is 0.133. The van der Waals surface area contributed by atoms with Gasteiger partial charge in [0.1, 0.15) is 34.7 Å². The standard InChI is InChI=1S/C28H32O6/c1-16(2)7-9-19-11-21(12-20(28(19)32-6)10-8-17(3)4)25-15-24(31)27-23(30)13-22(33-18(5)29)14-26(27)34-25/h7-8,11-14,25,30H,9-10,15H2,1-6H3. The summed E-state index contributed by atoms with van der Waals surface area (Å²) in [7, 11) is 1.67. The number of hydrogen-bond donors (Lipinski definition) is 1. The summed E-state index contributed by atoms with van der Waals surface area (Å²) in [5, 5.41) is 10.4. The first kappa shape index (κ1) is 25.1. The molecule has 0 spiro atoms. The molecule has 180 valence electrons. The van der Waals surface area contributed by atoms with Crippen LogP contribution in [0.15, 0.2) is 47.6 Å². The van der Waals surface area contributed by atoms with Crippen LogP contribution in [0.4, 0.5) is 0 Å². The minimum atomic E-state index is -0.547. The fraction of sp³-hybridized carbons (Fsp3) is 0.357. The summed E-state index contributed by atoms with van der Waals surface area (Å²) >= 11 is 0. The van der Waals surface area contributed by atoms with Crippen LogP contribution in [0.25, 0.3) is 0 Å². The fourth-order valence-corrected chi connectivity index (χ4v) is 3.99. The normalized spacial score (nSPS) is 14.5. The summed E-state index contributed by atoms with van der Waals surface area (Å²) in [6.45, 7) is 9.46. The van der Waals surface area contributed by atoms with Gasteiger partial charge in [0, 0.05) is 19.1 Å². The lowest BCUT2D eigenvalue weighted by Crippen LogP contribution is -2.21. The lowest BCUT2D eigenvalue weighted by Gasteiger charge is -2.27. The number of rotatable bonds is 7. The number of Topliss-reactive ketones (excluding diaryl/α,β-unsaturated/α-hetero) is 1. The maximum absolute atomic E-state index is 13.0.